The number of methoxy groups -OCH3 is 1. The Hall–Kier alpha value is -3.44. The number of carbonyl (C=O) groups excluding carboxylic acids is 3. The van der Waals surface area contributed by atoms with Crippen LogP contribution < -0.4 is 20.7 Å². The van der Waals surface area contributed by atoms with Crippen molar-refractivity contribution in [3.05, 3.63) is 86.8 Å². The van der Waals surface area contributed by atoms with Crippen LogP contribution in [0.2, 0.25) is 5.02 Å². The van der Waals surface area contributed by atoms with Crippen molar-refractivity contribution in [1.29, 1.82) is 0 Å². The molecule has 0 radical (unpaired) electrons. The number of halogens is 2. The molecule has 238 valence electrons. The first-order chi connectivity index (χ1) is 21.7. The summed E-state index contributed by atoms with van der Waals surface area (Å²) < 4.78 is 12.5. The maximum Gasteiger partial charge on any atom is 0.260 e. The number of aryl methyl sites for hydroxylation is 1. The van der Waals surface area contributed by atoms with Crippen molar-refractivity contribution >= 4 is 56.6 Å². The third-order valence-electron chi connectivity index (χ3n) is 8.44. The number of nitrogens with two attached hydrogens (primary N) is 1. The predicted molar refractivity (Wildman–Crippen MR) is 179 cm³/mol. The molecule has 1 fully saturated rings. The van der Waals surface area contributed by atoms with E-state index in [1.807, 2.05) is 18.2 Å². The highest BCUT2D eigenvalue weighted by Gasteiger charge is 2.38. The molecule has 0 spiro atoms. The molecule has 45 heavy (non-hydrogen) atoms. The van der Waals surface area contributed by atoms with E-state index in [-0.39, 0.29) is 24.3 Å². The average Bonchev–Trinajstić information content (AvgIpc) is 3.19. The van der Waals surface area contributed by atoms with Gasteiger partial charge in [0.15, 0.2) is 0 Å². The summed E-state index contributed by atoms with van der Waals surface area (Å²) in [5, 5.41) is 3.46. The van der Waals surface area contributed by atoms with Crippen LogP contribution in [0.1, 0.15) is 58.4 Å². The first-order valence-corrected chi connectivity index (χ1v) is 16.4. The van der Waals surface area contributed by atoms with E-state index in [1.165, 1.54) is 26.4 Å². The molecule has 2 heterocycles. The van der Waals surface area contributed by atoms with Gasteiger partial charge in [-0.2, -0.15) is 0 Å². The van der Waals surface area contributed by atoms with Crippen LogP contribution in [-0.4, -0.2) is 62.2 Å². The Morgan fingerprint density at radius 1 is 1.04 bits per heavy atom. The van der Waals surface area contributed by atoms with Crippen molar-refractivity contribution in [2.24, 2.45) is 11.7 Å². The summed E-state index contributed by atoms with van der Waals surface area (Å²) in [5.41, 5.74) is 8.33. The zero-order chi connectivity index (χ0) is 31.9. The number of likely N-dealkylation sites (tertiary alicyclic amines) is 1. The molecule has 3 N–H and O–H groups in total. The van der Waals surface area contributed by atoms with E-state index in [0.717, 1.165) is 38.0 Å². The number of fused-ring (bicyclic) bond motifs is 1. The molecule has 11 heteroatoms. The smallest absolute Gasteiger partial charge is 0.260 e. The number of rotatable bonds is 10. The lowest BCUT2D eigenvalue weighted by atomic mass is 9.95. The second-order valence-corrected chi connectivity index (χ2v) is 12.7. The molecule has 0 aliphatic carbocycles. The molecule has 3 amide bonds. The number of benzene rings is 3. The number of ether oxygens (including phenoxy) is 2. The number of primary amides is 1. The fourth-order valence-electron chi connectivity index (χ4n) is 6.14. The Morgan fingerprint density at radius 3 is 2.56 bits per heavy atom. The fourth-order valence-corrected chi connectivity index (χ4v) is 6.80. The number of amides is 3. The van der Waals surface area contributed by atoms with Gasteiger partial charge in [-0.3, -0.25) is 19.3 Å². The Labute approximate surface area is 277 Å². The molecule has 0 aromatic heterocycles. The Bertz CT molecular complexity index is 1550. The number of hydrogen-bond donors (Lipinski definition) is 2. The van der Waals surface area contributed by atoms with Crippen molar-refractivity contribution in [3.63, 3.8) is 0 Å². The standard InChI is InChI=1S/C34H38BrClN4O5/c1-44-30-20-24(11-13-28(30)38-32(42)26-7-3-4-8-27(26)35)33(43)40-29-14-12-25(36)19-23(29)10-9-22(34(40)45-21-31(37)41)15-18-39-16-5-2-6-17-39/h3-4,7-8,11-14,19-20,22,34H,2,5-6,9-10,15-18,21H2,1H3,(H2,37,41)(H,38,42). The molecule has 2 unspecified atom stereocenters. The van der Waals surface area contributed by atoms with Crippen LogP contribution in [0.4, 0.5) is 11.4 Å². The molecule has 5 rings (SSSR count). The Balaban J connectivity index is 1.48. The molecule has 3 aromatic rings. The van der Waals surface area contributed by atoms with E-state index in [9.17, 15) is 14.4 Å². The van der Waals surface area contributed by atoms with Gasteiger partial charge >= 0.3 is 0 Å². The number of anilines is 2. The Kier molecular flexibility index (Phi) is 11.1. The highest BCUT2D eigenvalue weighted by atomic mass is 79.9. The monoisotopic (exact) mass is 696 g/mol. The van der Waals surface area contributed by atoms with E-state index < -0.39 is 12.1 Å². The zero-order valence-corrected chi connectivity index (χ0v) is 27.6. The van der Waals surface area contributed by atoms with Gasteiger partial charge in [0, 0.05) is 26.7 Å². The summed E-state index contributed by atoms with van der Waals surface area (Å²) in [5.74, 6) is -1.01. The highest BCUT2D eigenvalue weighted by Crippen LogP contribution is 2.38. The molecular formula is C34H38BrClN4O5. The Morgan fingerprint density at radius 2 is 1.82 bits per heavy atom. The third-order valence-corrected chi connectivity index (χ3v) is 9.37. The molecule has 0 bridgehead atoms. The van der Waals surface area contributed by atoms with Gasteiger partial charge in [0.05, 0.1) is 18.4 Å². The summed E-state index contributed by atoms with van der Waals surface area (Å²) >= 11 is 9.82. The van der Waals surface area contributed by atoms with Gasteiger partial charge < -0.3 is 25.4 Å². The van der Waals surface area contributed by atoms with Crippen LogP contribution in [0.25, 0.3) is 0 Å². The lowest BCUT2D eigenvalue weighted by Gasteiger charge is -2.36. The maximum absolute atomic E-state index is 14.5. The largest absolute Gasteiger partial charge is 0.495 e. The minimum Gasteiger partial charge on any atom is -0.495 e. The van der Waals surface area contributed by atoms with Gasteiger partial charge in [-0.25, -0.2) is 0 Å². The van der Waals surface area contributed by atoms with Gasteiger partial charge in [0.2, 0.25) is 5.91 Å². The van der Waals surface area contributed by atoms with Crippen LogP contribution in [0.15, 0.2) is 65.1 Å². The van der Waals surface area contributed by atoms with Crippen LogP contribution in [0.5, 0.6) is 5.75 Å². The van der Waals surface area contributed by atoms with Gasteiger partial charge in [-0.15, -0.1) is 0 Å². The number of hydrogen-bond acceptors (Lipinski definition) is 6. The van der Waals surface area contributed by atoms with E-state index in [0.29, 0.717) is 44.2 Å². The van der Waals surface area contributed by atoms with Crippen LogP contribution >= 0.6 is 27.5 Å². The van der Waals surface area contributed by atoms with Crippen LogP contribution in [0.3, 0.4) is 0 Å². The number of piperidine rings is 1. The highest BCUT2D eigenvalue weighted by molar-refractivity contribution is 9.10. The van der Waals surface area contributed by atoms with E-state index >= 15 is 0 Å². The molecular weight excluding hydrogens is 660 g/mol. The van der Waals surface area contributed by atoms with Crippen LogP contribution in [-0.2, 0) is 16.0 Å². The predicted octanol–water partition coefficient (Wildman–Crippen LogP) is 6.28. The second kappa shape index (κ2) is 15.2. The molecule has 1 saturated heterocycles. The first kappa shape index (κ1) is 32.9. The quantitative estimate of drug-likeness (QED) is 0.258. The van der Waals surface area contributed by atoms with Gasteiger partial charge in [0.25, 0.3) is 11.8 Å². The number of nitrogens with one attached hydrogen (secondary N) is 1. The summed E-state index contributed by atoms with van der Waals surface area (Å²) in [4.78, 5) is 43.5. The van der Waals surface area contributed by atoms with Gasteiger partial charge in [-0.1, -0.05) is 30.2 Å². The summed E-state index contributed by atoms with van der Waals surface area (Å²) in [7, 11) is 1.48. The van der Waals surface area contributed by atoms with Gasteiger partial charge in [-0.05, 0) is 122 Å². The number of carbonyl (C=O) groups is 3. The lowest BCUT2D eigenvalue weighted by molar-refractivity contribution is -0.125. The van der Waals surface area contributed by atoms with E-state index in [2.05, 4.69) is 26.1 Å². The minimum absolute atomic E-state index is 0.0637. The summed E-state index contributed by atoms with van der Waals surface area (Å²) in [6.07, 6.45) is 5.11. The molecule has 3 aromatic carbocycles. The van der Waals surface area contributed by atoms with Crippen molar-refractivity contribution in [1.82, 2.24) is 4.90 Å². The zero-order valence-electron chi connectivity index (χ0n) is 25.3. The van der Waals surface area contributed by atoms with Crippen molar-refractivity contribution < 1.29 is 23.9 Å². The fraction of sp³-hybridized carbons (Fsp3) is 0.382. The maximum atomic E-state index is 14.5. The molecule has 2 aliphatic heterocycles. The van der Waals surface area contributed by atoms with E-state index in [1.54, 1.807) is 47.4 Å². The van der Waals surface area contributed by atoms with Gasteiger partial charge in [0.1, 0.15) is 18.6 Å². The lowest BCUT2D eigenvalue weighted by Crippen LogP contribution is -2.48. The SMILES string of the molecule is COc1cc(C(=O)N2c3ccc(Cl)cc3CCC(CCN3CCCCC3)C2OCC(N)=O)ccc1NC(=O)c1ccccc1Br. The third kappa shape index (κ3) is 8.05. The van der Waals surface area contributed by atoms with Crippen LogP contribution in [0, 0.1) is 5.92 Å². The van der Waals surface area contributed by atoms with Crippen molar-refractivity contribution in [2.45, 2.75) is 44.8 Å². The molecule has 9 nitrogen and oxygen atoms in total. The minimum atomic E-state index is -0.738. The molecule has 0 saturated carbocycles. The first-order valence-electron chi connectivity index (χ1n) is 15.2. The average molecular weight is 698 g/mol. The summed E-state index contributed by atoms with van der Waals surface area (Å²) in [6.45, 7) is 2.67. The van der Waals surface area contributed by atoms with Crippen molar-refractivity contribution in [3.8, 4) is 5.75 Å². The van der Waals surface area contributed by atoms with Crippen molar-refractivity contribution in [2.75, 3.05) is 43.6 Å². The second-order valence-electron chi connectivity index (χ2n) is 11.5. The molecule has 2 atom stereocenters. The topological polar surface area (TPSA) is 114 Å². The normalized spacial score (nSPS) is 18.5. The molecule has 2 aliphatic rings. The summed E-state index contributed by atoms with van der Waals surface area (Å²) in [6, 6.07) is 17.5. The number of nitrogens with zero attached hydrogens (tertiary/aromatic N) is 2. The van der Waals surface area contributed by atoms with E-state index in [4.69, 9.17) is 26.8 Å².